The molecule has 2 aliphatic heterocycles. The Kier molecular flexibility index (Phi) is 4.33. The summed E-state index contributed by atoms with van der Waals surface area (Å²) in [5.74, 6) is -0.813. The van der Waals surface area contributed by atoms with E-state index in [1.807, 2.05) is 0 Å². The maximum Gasteiger partial charge on any atom is 0.252 e. The van der Waals surface area contributed by atoms with E-state index in [1.54, 1.807) is 30.8 Å². The zero-order chi connectivity index (χ0) is 19.2. The number of amides is 1. The van der Waals surface area contributed by atoms with Gasteiger partial charge in [-0.2, -0.15) is 0 Å². The van der Waals surface area contributed by atoms with E-state index in [-0.39, 0.29) is 11.7 Å². The van der Waals surface area contributed by atoms with Crippen LogP contribution in [-0.4, -0.2) is 56.1 Å². The van der Waals surface area contributed by atoms with Crippen molar-refractivity contribution in [3.05, 3.63) is 25.3 Å². The third-order valence-electron chi connectivity index (χ3n) is 4.60. The van der Waals surface area contributed by atoms with Crippen molar-refractivity contribution >= 4 is 22.9 Å². The van der Waals surface area contributed by atoms with Crippen LogP contribution in [0.5, 0.6) is 0 Å². The van der Waals surface area contributed by atoms with Gasteiger partial charge in [0, 0.05) is 6.54 Å². The van der Waals surface area contributed by atoms with Crippen LogP contribution in [0.3, 0.4) is 0 Å². The number of nitrogens with one attached hydrogen (secondary N) is 1. The third kappa shape index (κ3) is 3.05. The molecule has 1 amide bonds. The quantitative estimate of drug-likeness (QED) is 0.573. The van der Waals surface area contributed by atoms with Gasteiger partial charge in [-0.15, -0.1) is 6.58 Å². The van der Waals surface area contributed by atoms with Crippen molar-refractivity contribution in [1.29, 1.82) is 0 Å². The van der Waals surface area contributed by atoms with Gasteiger partial charge in [-0.3, -0.25) is 9.36 Å². The second-order valence-corrected chi connectivity index (χ2v) is 6.96. The van der Waals surface area contributed by atoms with E-state index in [1.165, 1.54) is 6.33 Å². The molecule has 27 heavy (non-hydrogen) atoms. The Balaban J connectivity index is 1.65. The van der Waals surface area contributed by atoms with Gasteiger partial charge in [0.1, 0.15) is 24.1 Å². The monoisotopic (exact) mass is 374 g/mol. The molecule has 2 aliphatic rings. The number of rotatable bonds is 5. The molecular weight excluding hydrogens is 352 g/mol. The van der Waals surface area contributed by atoms with E-state index in [0.717, 1.165) is 0 Å². The number of fused-ring (bicyclic) bond motifs is 2. The minimum absolute atomic E-state index is 0.255. The number of carbonyl (C=O) groups excluding carboxylic acids is 1. The average Bonchev–Trinajstić information content (AvgIpc) is 3.26. The van der Waals surface area contributed by atoms with Crippen molar-refractivity contribution in [3.8, 4) is 0 Å². The Hall–Kier alpha value is -2.56. The number of hydrogen-bond acceptors (Lipinski definition) is 8. The molecule has 1 unspecified atom stereocenters. The minimum Gasteiger partial charge on any atom is -0.382 e. The summed E-state index contributed by atoms with van der Waals surface area (Å²) < 4.78 is 19.7. The summed E-state index contributed by atoms with van der Waals surface area (Å²) in [4.78, 5) is 25.1. The van der Waals surface area contributed by atoms with Crippen LogP contribution in [0.2, 0.25) is 0 Å². The maximum atomic E-state index is 12.6. The standard InChI is InChI=1S/C17H22N6O4/c1-4-5-6-19-15(24)11-10-12(27-17(2,3)26-10)16(25-11)23-8-22-9-13(18)20-7-21-14(9)23/h4,7-8,10-12,16H,1,5-6H2,2-3H3,(H,19,24)(H2,18,20,21)/t10-,11+,12-,16?/m1/s1. The van der Waals surface area contributed by atoms with Gasteiger partial charge in [-0.1, -0.05) is 6.08 Å². The summed E-state index contributed by atoms with van der Waals surface area (Å²) in [7, 11) is 0. The van der Waals surface area contributed by atoms with Crippen LogP contribution in [0.1, 0.15) is 26.5 Å². The molecular formula is C17H22N6O4. The highest BCUT2D eigenvalue weighted by atomic mass is 16.8. The SMILES string of the molecule is C=CCCNC(=O)[C@H]1OC(n2cnc3c(N)ncnc32)[C@@H]2OC(C)(C)O[C@H]12. The summed E-state index contributed by atoms with van der Waals surface area (Å²) in [6, 6.07) is 0. The fraction of sp³-hybridized carbons (Fsp3) is 0.529. The van der Waals surface area contributed by atoms with Crippen molar-refractivity contribution in [2.75, 3.05) is 12.3 Å². The van der Waals surface area contributed by atoms with Crippen LogP contribution >= 0.6 is 0 Å². The van der Waals surface area contributed by atoms with Gasteiger partial charge < -0.3 is 25.3 Å². The number of anilines is 1. The van der Waals surface area contributed by atoms with Gasteiger partial charge >= 0.3 is 0 Å². The highest BCUT2D eigenvalue weighted by Gasteiger charge is 2.58. The predicted octanol–water partition coefficient (Wildman–Crippen LogP) is 0.518. The molecule has 4 heterocycles. The zero-order valence-corrected chi connectivity index (χ0v) is 15.2. The van der Waals surface area contributed by atoms with E-state index in [9.17, 15) is 4.79 Å². The highest BCUT2D eigenvalue weighted by Crippen LogP contribution is 2.43. The van der Waals surface area contributed by atoms with Crippen LogP contribution in [0.15, 0.2) is 25.3 Å². The number of nitrogen functional groups attached to an aromatic ring is 1. The number of carbonyl (C=O) groups is 1. The topological polar surface area (TPSA) is 126 Å². The van der Waals surface area contributed by atoms with Gasteiger partial charge in [-0.05, 0) is 20.3 Å². The first-order chi connectivity index (χ1) is 12.9. The Morgan fingerprint density at radius 2 is 2.15 bits per heavy atom. The Morgan fingerprint density at radius 3 is 2.93 bits per heavy atom. The van der Waals surface area contributed by atoms with Gasteiger partial charge in [0.25, 0.3) is 5.91 Å². The molecule has 0 spiro atoms. The zero-order valence-electron chi connectivity index (χ0n) is 15.2. The number of ether oxygens (including phenoxy) is 3. The van der Waals surface area contributed by atoms with E-state index < -0.39 is 30.3 Å². The number of nitrogens with zero attached hydrogens (tertiary/aromatic N) is 4. The number of nitrogens with two attached hydrogens (primary N) is 1. The molecule has 144 valence electrons. The number of aromatic nitrogens is 4. The second kappa shape index (κ2) is 6.55. The molecule has 2 aromatic rings. The van der Waals surface area contributed by atoms with Crippen molar-refractivity contribution in [1.82, 2.24) is 24.8 Å². The Morgan fingerprint density at radius 1 is 1.37 bits per heavy atom. The molecule has 3 N–H and O–H groups in total. The molecule has 10 heteroatoms. The summed E-state index contributed by atoms with van der Waals surface area (Å²) in [5.41, 5.74) is 6.84. The molecule has 2 fully saturated rings. The first kappa shape index (κ1) is 17.8. The number of hydrogen-bond donors (Lipinski definition) is 2. The summed E-state index contributed by atoms with van der Waals surface area (Å²) >= 11 is 0. The molecule has 4 atom stereocenters. The fourth-order valence-electron chi connectivity index (χ4n) is 3.47. The van der Waals surface area contributed by atoms with Gasteiger partial charge in [0.15, 0.2) is 29.6 Å². The lowest BCUT2D eigenvalue weighted by atomic mass is 10.1. The number of imidazole rings is 1. The lowest BCUT2D eigenvalue weighted by Crippen LogP contribution is -2.43. The fourth-order valence-corrected chi connectivity index (χ4v) is 3.47. The largest absolute Gasteiger partial charge is 0.382 e. The third-order valence-corrected chi connectivity index (χ3v) is 4.60. The van der Waals surface area contributed by atoms with E-state index in [4.69, 9.17) is 19.9 Å². The van der Waals surface area contributed by atoms with Gasteiger partial charge in [0.05, 0.1) is 6.33 Å². The smallest absolute Gasteiger partial charge is 0.252 e. The van der Waals surface area contributed by atoms with Gasteiger partial charge in [0.2, 0.25) is 0 Å². The van der Waals surface area contributed by atoms with Crippen molar-refractivity contribution in [2.45, 2.75) is 50.6 Å². The van der Waals surface area contributed by atoms with Crippen LogP contribution in [0.25, 0.3) is 11.2 Å². The first-order valence-electron chi connectivity index (χ1n) is 8.74. The summed E-state index contributed by atoms with van der Waals surface area (Å²) in [5, 5.41) is 2.84. The van der Waals surface area contributed by atoms with Crippen molar-refractivity contribution < 1.29 is 19.0 Å². The normalized spacial score (nSPS) is 29.0. The highest BCUT2D eigenvalue weighted by molar-refractivity contribution is 5.83. The maximum absolute atomic E-state index is 12.6. The van der Waals surface area contributed by atoms with Crippen LogP contribution < -0.4 is 11.1 Å². The molecule has 2 aromatic heterocycles. The molecule has 0 saturated carbocycles. The van der Waals surface area contributed by atoms with Crippen LogP contribution in [0, 0.1) is 0 Å². The molecule has 10 nitrogen and oxygen atoms in total. The predicted molar refractivity (Wildman–Crippen MR) is 95.3 cm³/mol. The van der Waals surface area contributed by atoms with Crippen molar-refractivity contribution in [2.24, 2.45) is 0 Å². The molecule has 0 aromatic carbocycles. The van der Waals surface area contributed by atoms with E-state index in [0.29, 0.717) is 24.1 Å². The minimum atomic E-state index is -0.832. The second-order valence-electron chi connectivity index (χ2n) is 6.96. The van der Waals surface area contributed by atoms with Crippen molar-refractivity contribution in [3.63, 3.8) is 0 Å². The molecule has 4 rings (SSSR count). The lowest BCUT2D eigenvalue weighted by molar-refractivity contribution is -0.197. The molecule has 0 radical (unpaired) electrons. The van der Waals surface area contributed by atoms with E-state index in [2.05, 4.69) is 26.8 Å². The van der Waals surface area contributed by atoms with E-state index >= 15 is 0 Å². The summed E-state index contributed by atoms with van der Waals surface area (Å²) in [6.07, 6.45) is 2.83. The van der Waals surface area contributed by atoms with Gasteiger partial charge in [-0.25, -0.2) is 15.0 Å². The molecule has 0 aliphatic carbocycles. The average molecular weight is 374 g/mol. The molecule has 0 bridgehead atoms. The summed E-state index contributed by atoms with van der Waals surface area (Å²) in [6.45, 7) is 7.74. The van der Waals surface area contributed by atoms with Crippen LogP contribution in [-0.2, 0) is 19.0 Å². The van der Waals surface area contributed by atoms with Crippen LogP contribution in [0.4, 0.5) is 5.82 Å². The first-order valence-corrected chi connectivity index (χ1v) is 8.74. The lowest BCUT2D eigenvalue weighted by Gasteiger charge is -2.24. The Labute approximate surface area is 155 Å². The molecule has 2 saturated heterocycles. The Bertz CT molecular complexity index is 881.